The van der Waals surface area contributed by atoms with Crippen LogP contribution in [0, 0.1) is 0 Å². The van der Waals surface area contributed by atoms with Crippen molar-refractivity contribution in [2.45, 2.75) is 19.3 Å². The van der Waals surface area contributed by atoms with Crippen LogP contribution < -0.4 is 9.47 Å². The predicted octanol–water partition coefficient (Wildman–Crippen LogP) is 6.17. The molecule has 164 valence electrons. The Morgan fingerprint density at radius 3 is 2.28 bits per heavy atom. The fourth-order valence-corrected chi connectivity index (χ4v) is 4.59. The van der Waals surface area contributed by atoms with Gasteiger partial charge in [-0.3, -0.25) is 4.90 Å². The van der Waals surface area contributed by atoms with E-state index in [0.29, 0.717) is 0 Å². The summed E-state index contributed by atoms with van der Waals surface area (Å²) in [5.74, 6) is 1.79. The Bertz CT molecular complexity index is 1160. The molecule has 0 atom stereocenters. The highest BCUT2D eigenvalue weighted by Gasteiger charge is 2.14. The van der Waals surface area contributed by atoms with Crippen molar-refractivity contribution < 1.29 is 9.47 Å². The lowest BCUT2D eigenvalue weighted by molar-refractivity contribution is 0.183. The first-order valence-electron chi connectivity index (χ1n) is 11.5. The van der Waals surface area contributed by atoms with Crippen LogP contribution in [-0.2, 0) is 0 Å². The molecule has 5 rings (SSSR count). The highest BCUT2D eigenvalue weighted by Crippen LogP contribution is 2.33. The molecule has 4 nitrogen and oxygen atoms in total. The molecule has 1 aliphatic heterocycles. The van der Waals surface area contributed by atoms with Crippen molar-refractivity contribution in [2.24, 2.45) is 0 Å². The molecule has 0 N–H and O–H groups in total. The lowest BCUT2D eigenvalue weighted by Crippen LogP contribution is -2.33. The van der Waals surface area contributed by atoms with Gasteiger partial charge < -0.3 is 14.0 Å². The number of piperidine rings is 1. The summed E-state index contributed by atoms with van der Waals surface area (Å²) in [4.78, 5) is 2.50. The molecule has 4 heteroatoms. The summed E-state index contributed by atoms with van der Waals surface area (Å²) in [6.45, 7) is 4.15. The first-order valence-corrected chi connectivity index (χ1v) is 11.5. The fraction of sp³-hybridized carbons (Fsp3) is 0.286. The molecule has 0 aliphatic carbocycles. The Morgan fingerprint density at radius 1 is 0.781 bits per heavy atom. The van der Waals surface area contributed by atoms with Crippen molar-refractivity contribution in [2.75, 3.05) is 33.4 Å². The fourth-order valence-electron chi connectivity index (χ4n) is 4.59. The first kappa shape index (κ1) is 20.7. The number of hydrogen-bond acceptors (Lipinski definition) is 3. The molecule has 1 fully saturated rings. The Balaban J connectivity index is 1.41. The van der Waals surface area contributed by atoms with Gasteiger partial charge in [-0.1, -0.05) is 36.8 Å². The van der Waals surface area contributed by atoms with Crippen LogP contribution in [0.15, 0.2) is 78.9 Å². The lowest BCUT2D eigenvalue weighted by atomic mass is 10.1. The number of nitrogens with zero attached hydrogens (tertiary/aromatic N) is 2. The molecule has 32 heavy (non-hydrogen) atoms. The number of fused-ring (bicyclic) bond motifs is 1. The number of hydrogen-bond donors (Lipinski definition) is 0. The van der Waals surface area contributed by atoms with Crippen LogP contribution in [0.25, 0.3) is 27.8 Å². The van der Waals surface area contributed by atoms with Gasteiger partial charge in [0.2, 0.25) is 0 Å². The average Bonchev–Trinajstić information content (AvgIpc) is 3.24. The van der Waals surface area contributed by atoms with Crippen molar-refractivity contribution in [3.8, 4) is 28.4 Å². The van der Waals surface area contributed by atoms with Crippen molar-refractivity contribution in [3.05, 3.63) is 78.9 Å². The minimum Gasteiger partial charge on any atom is -0.497 e. The monoisotopic (exact) mass is 426 g/mol. The van der Waals surface area contributed by atoms with Crippen molar-refractivity contribution in [1.29, 1.82) is 0 Å². The van der Waals surface area contributed by atoms with Gasteiger partial charge in [-0.15, -0.1) is 0 Å². The maximum absolute atomic E-state index is 6.05. The Labute approximate surface area is 190 Å². The van der Waals surface area contributed by atoms with Gasteiger partial charge in [0.05, 0.1) is 18.3 Å². The summed E-state index contributed by atoms with van der Waals surface area (Å²) in [6, 6.07) is 27.4. The molecule has 0 bridgehead atoms. The summed E-state index contributed by atoms with van der Waals surface area (Å²) in [6.07, 6.45) is 3.99. The zero-order chi connectivity index (χ0) is 21.8. The number of aromatic nitrogens is 1. The van der Waals surface area contributed by atoms with E-state index >= 15 is 0 Å². The second kappa shape index (κ2) is 9.49. The van der Waals surface area contributed by atoms with E-state index < -0.39 is 0 Å². The van der Waals surface area contributed by atoms with E-state index in [-0.39, 0.29) is 0 Å². The third-order valence-corrected chi connectivity index (χ3v) is 6.30. The molecule has 1 aromatic heterocycles. The van der Waals surface area contributed by atoms with Crippen LogP contribution in [0.2, 0.25) is 0 Å². The minimum absolute atomic E-state index is 0.737. The van der Waals surface area contributed by atoms with E-state index in [0.717, 1.165) is 46.9 Å². The molecule has 0 saturated carbocycles. The third kappa shape index (κ3) is 4.37. The van der Waals surface area contributed by atoms with Gasteiger partial charge in [-0.25, -0.2) is 0 Å². The van der Waals surface area contributed by atoms with E-state index in [1.165, 1.54) is 37.9 Å². The van der Waals surface area contributed by atoms with Crippen LogP contribution in [-0.4, -0.2) is 42.8 Å². The molecule has 2 heterocycles. The van der Waals surface area contributed by atoms with Crippen LogP contribution in [0.3, 0.4) is 0 Å². The minimum atomic E-state index is 0.737. The standard InChI is InChI=1S/C28H30N2O2/c1-31-26-14-15-27-23(20-26)21-28(22-8-4-2-5-9-22)30(27)24-10-12-25(13-11-24)32-19-18-29-16-6-3-7-17-29/h2,4-5,8-15,20-21H,3,6-7,16-19H2,1H3. The van der Waals surface area contributed by atoms with Crippen LogP contribution in [0.4, 0.5) is 0 Å². The Hall–Kier alpha value is -3.24. The van der Waals surface area contributed by atoms with Gasteiger partial charge in [0.1, 0.15) is 18.1 Å². The molecule has 0 amide bonds. The van der Waals surface area contributed by atoms with Crippen LogP contribution in [0.5, 0.6) is 11.5 Å². The Kier molecular flexibility index (Phi) is 6.13. The van der Waals surface area contributed by atoms with Crippen molar-refractivity contribution in [3.63, 3.8) is 0 Å². The topological polar surface area (TPSA) is 26.6 Å². The number of rotatable bonds is 7. The van der Waals surface area contributed by atoms with Crippen molar-refractivity contribution in [1.82, 2.24) is 9.47 Å². The van der Waals surface area contributed by atoms with E-state index in [4.69, 9.17) is 9.47 Å². The zero-order valence-electron chi connectivity index (χ0n) is 18.7. The second-order valence-corrected chi connectivity index (χ2v) is 8.40. The smallest absolute Gasteiger partial charge is 0.119 e. The maximum Gasteiger partial charge on any atom is 0.119 e. The van der Waals surface area contributed by atoms with E-state index in [1.807, 2.05) is 6.07 Å². The van der Waals surface area contributed by atoms with Gasteiger partial charge in [-0.05, 0) is 80.0 Å². The summed E-state index contributed by atoms with van der Waals surface area (Å²) < 4.78 is 13.8. The summed E-state index contributed by atoms with van der Waals surface area (Å²) in [5, 5.41) is 1.16. The normalized spacial score (nSPS) is 14.5. The number of benzene rings is 3. The van der Waals surface area contributed by atoms with Crippen LogP contribution >= 0.6 is 0 Å². The maximum atomic E-state index is 6.05. The predicted molar refractivity (Wildman–Crippen MR) is 131 cm³/mol. The molecular weight excluding hydrogens is 396 g/mol. The summed E-state index contributed by atoms with van der Waals surface area (Å²) >= 11 is 0. The molecule has 0 radical (unpaired) electrons. The largest absolute Gasteiger partial charge is 0.497 e. The first-order chi connectivity index (χ1) is 15.8. The molecule has 0 unspecified atom stereocenters. The second-order valence-electron chi connectivity index (χ2n) is 8.40. The van der Waals surface area contributed by atoms with E-state index in [2.05, 4.69) is 82.3 Å². The highest BCUT2D eigenvalue weighted by atomic mass is 16.5. The van der Waals surface area contributed by atoms with E-state index in [9.17, 15) is 0 Å². The number of methoxy groups -OCH3 is 1. The molecular formula is C28H30N2O2. The third-order valence-electron chi connectivity index (χ3n) is 6.30. The Morgan fingerprint density at radius 2 is 1.53 bits per heavy atom. The SMILES string of the molecule is COc1ccc2c(c1)cc(-c1ccccc1)n2-c1ccc(OCCN2CCCCC2)cc1. The molecule has 0 spiro atoms. The van der Waals surface area contributed by atoms with Gasteiger partial charge in [0.25, 0.3) is 0 Å². The van der Waals surface area contributed by atoms with Crippen molar-refractivity contribution >= 4 is 10.9 Å². The van der Waals surface area contributed by atoms with Gasteiger partial charge >= 0.3 is 0 Å². The quantitative estimate of drug-likeness (QED) is 0.353. The summed E-state index contributed by atoms with van der Waals surface area (Å²) in [7, 11) is 1.71. The average molecular weight is 427 g/mol. The molecule has 1 saturated heterocycles. The molecule has 3 aromatic carbocycles. The number of likely N-dealkylation sites (tertiary alicyclic amines) is 1. The van der Waals surface area contributed by atoms with Gasteiger partial charge in [0.15, 0.2) is 0 Å². The summed E-state index contributed by atoms with van der Waals surface area (Å²) in [5.41, 5.74) is 4.62. The van der Waals surface area contributed by atoms with Gasteiger partial charge in [0, 0.05) is 17.6 Å². The molecule has 1 aliphatic rings. The lowest BCUT2D eigenvalue weighted by Gasteiger charge is -2.26. The van der Waals surface area contributed by atoms with E-state index in [1.54, 1.807) is 7.11 Å². The zero-order valence-corrected chi connectivity index (χ0v) is 18.7. The highest BCUT2D eigenvalue weighted by molar-refractivity contribution is 5.90. The number of ether oxygens (including phenoxy) is 2. The van der Waals surface area contributed by atoms with Gasteiger partial charge in [-0.2, -0.15) is 0 Å². The van der Waals surface area contributed by atoms with Crippen LogP contribution in [0.1, 0.15) is 19.3 Å². The molecule has 4 aromatic rings.